The minimum Gasteiger partial charge on any atom is -0.461 e. The SMILES string of the molecule is O=C(Cc1c2ccccc2cc2ccccc12)c1ccco1. The molecular weight excluding hydrogens is 272 g/mol. The van der Waals surface area contributed by atoms with Gasteiger partial charge < -0.3 is 4.42 Å². The van der Waals surface area contributed by atoms with Crippen molar-refractivity contribution in [3.05, 3.63) is 84.3 Å². The number of carbonyl (C=O) groups excluding carboxylic acids is 1. The zero-order chi connectivity index (χ0) is 14.9. The van der Waals surface area contributed by atoms with Crippen molar-refractivity contribution in [2.75, 3.05) is 0 Å². The first-order chi connectivity index (χ1) is 10.8. The number of fused-ring (bicyclic) bond motifs is 2. The van der Waals surface area contributed by atoms with Crippen LogP contribution in [0.1, 0.15) is 16.1 Å². The summed E-state index contributed by atoms with van der Waals surface area (Å²) in [6.45, 7) is 0. The number of ketones is 1. The molecule has 1 aromatic heterocycles. The lowest BCUT2D eigenvalue weighted by molar-refractivity contribution is 0.0967. The van der Waals surface area contributed by atoms with E-state index >= 15 is 0 Å². The average Bonchev–Trinajstić information content (AvgIpc) is 3.09. The molecule has 0 radical (unpaired) electrons. The molecule has 4 rings (SSSR count). The molecule has 0 aliphatic heterocycles. The van der Waals surface area contributed by atoms with Crippen LogP contribution < -0.4 is 0 Å². The topological polar surface area (TPSA) is 30.2 Å². The number of rotatable bonds is 3. The highest BCUT2D eigenvalue weighted by molar-refractivity contribution is 6.06. The van der Waals surface area contributed by atoms with E-state index in [2.05, 4.69) is 30.3 Å². The van der Waals surface area contributed by atoms with Crippen LogP contribution in [-0.2, 0) is 6.42 Å². The fraction of sp³-hybridized carbons (Fsp3) is 0.0500. The highest BCUT2D eigenvalue weighted by atomic mass is 16.3. The van der Waals surface area contributed by atoms with E-state index in [1.54, 1.807) is 12.1 Å². The van der Waals surface area contributed by atoms with Crippen LogP contribution >= 0.6 is 0 Å². The van der Waals surface area contributed by atoms with E-state index in [9.17, 15) is 4.79 Å². The maximum absolute atomic E-state index is 12.5. The minimum absolute atomic E-state index is 0.00602. The van der Waals surface area contributed by atoms with Crippen LogP contribution in [0, 0.1) is 0 Å². The van der Waals surface area contributed by atoms with Crippen LogP contribution in [0.25, 0.3) is 21.5 Å². The molecule has 0 spiro atoms. The number of benzene rings is 3. The third kappa shape index (κ3) is 2.09. The molecule has 0 amide bonds. The molecule has 0 saturated carbocycles. The van der Waals surface area contributed by atoms with Gasteiger partial charge in [0.05, 0.1) is 6.26 Å². The highest BCUT2D eigenvalue weighted by Gasteiger charge is 2.14. The van der Waals surface area contributed by atoms with Gasteiger partial charge in [0.2, 0.25) is 5.78 Å². The highest BCUT2D eigenvalue weighted by Crippen LogP contribution is 2.29. The maximum atomic E-state index is 12.5. The summed E-state index contributed by atoms with van der Waals surface area (Å²) in [5, 5.41) is 4.56. The third-order valence-electron chi connectivity index (χ3n) is 4.02. The Labute approximate surface area is 128 Å². The molecule has 0 N–H and O–H groups in total. The predicted octanol–water partition coefficient (Wildman–Crippen LogP) is 5.01. The molecule has 0 aliphatic rings. The van der Waals surface area contributed by atoms with Crippen LogP contribution in [0.2, 0.25) is 0 Å². The zero-order valence-electron chi connectivity index (χ0n) is 12.0. The van der Waals surface area contributed by atoms with Crippen molar-refractivity contribution in [3.8, 4) is 0 Å². The van der Waals surface area contributed by atoms with Crippen LogP contribution in [-0.4, -0.2) is 5.78 Å². The van der Waals surface area contributed by atoms with E-state index < -0.39 is 0 Å². The molecule has 1 heterocycles. The van der Waals surface area contributed by atoms with E-state index in [1.807, 2.05) is 24.3 Å². The van der Waals surface area contributed by atoms with Crippen molar-refractivity contribution in [2.45, 2.75) is 6.42 Å². The van der Waals surface area contributed by atoms with E-state index in [0.717, 1.165) is 27.1 Å². The second-order valence-corrected chi connectivity index (χ2v) is 5.37. The van der Waals surface area contributed by atoms with Gasteiger partial charge in [0.1, 0.15) is 0 Å². The lowest BCUT2D eigenvalue weighted by Crippen LogP contribution is -2.03. The van der Waals surface area contributed by atoms with Crippen LogP contribution in [0.5, 0.6) is 0 Å². The summed E-state index contributed by atoms with van der Waals surface area (Å²) in [6.07, 6.45) is 1.88. The molecule has 0 aliphatic carbocycles. The van der Waals surface area contributed by atoms with Crippen LogP contribution in [0.15, 0.2) is 77.4 Å². The molecule has 106 valence electrons. The van der Waals surface area contributed by atoms with Crippen molar-refractivity contribution < 1.29 is 9.21 Å². The molecule has 3 aromatic carbocycles. The van der Waals surface area contributed by atoms with Crippen LogP contribution in [0.3, 0.4) is 0 Å². The number of hydrogen-bond acceptors (Lipinski definition) is 2. The molecule has 0 atom stereocenters. The summed E-state index contributed by atoms with van der Waals surface area (Å²) in [4.78, 5) is 12.5. The van der Waals surface area contributed by atoms with Gasteiger partial charge in [0.25, 0.3) is 0 Å². The molecule has 0 saturated heterocycles. The smallest absolute Gasteiger partial charge is 0.202 e. The van der Waals surface area contributed by atoms with E-state index in [4.69, 9.17) is 4.42 Å². The minimum atomic E-state index is 0.00602. The summed E-state index contributed by atoms with van der Waals surface area (Å²) in [6, 6.07) is 22.0. The summed E-state index contributed by atoms with van der Waals surface area (Å²) < 4.78 is 5.24. The Bertz CT molecular complexity index is 912. The molecule has 2 nitrogen and oxygen atoms in total. The van der Waals surface area contributed by atoms with Gasteiger partial charge in [0, 0.05) is 6.42 Å². The Morgan fingerprint density at radius 2 is 1.45 bits per heavy atom. The van der Waals surface area contributed by atoms with E-state index in [0.29, 0.717) is 12.2 Å². The normalized spacial score (nSPS) is 11.1. The average molecular weight is 286 g/mol. The first-order valence-corrected chi connectivity index (χ1v) is 7.29. The van der Waals surface area contributed by atoms with Crippen molar-refractivity contribution in [2.24, 2.45) is 0 Å². The van der Waals surface area contributed by atoms with Crippen molar-refractivity contribution >= 4 is 27.3 Å². The molecule has 2 heteroatoms. The van der Waals surface area contributed by atoms with Gasteiger partial charge in [-0.05, 0) is 45.3 Å². The van der Waals surface area contributed by atoms with Crippen molar-refractivity contribution in [1.29, 1.82) is 0 Å². The molecule has 0 fully saturated rings. The first-order valence-electron chi connectivity index (χ1n) is 7.29. The fourth-order valence-electron chi connectivity index (χ4n) is 2.98. The molecule has 0 unspecified atom stereocenters. The van der Waals surface area contributed by atoms with Gasteiger partial charge in [-0.1, -0.05) is 48.5 Å². The maximum Gasteiger partial charge on any atom is 0.202 e. The van der Waals surface area contributed by atoms with Gasteiger partial charge in [-0.15, -0.1) is 0 Å². The monoisotopic (exact) mass is 286 g/mol. The van der Waals surface area contributed by atoms with Gasteiger partial charge in [-0.2, -0.15) is 0 Å². The van der Waals surface area contributed by atoms with Gasteiger partial charge in [-0.25, -0.2) is 0 Å². The molecular formula is C20H14O2. The molecule has 22 heavy (non-hydrogen) atoms. The number of Topliss-reactive ketones (excluding diaryl/α,β-unsaturated/α-hetero) is 1. The van der Waals surface area contributed by atoms with E-state index in [-0.39, 0.29) is 5.78 Å². The lowest BCUT2D eigenvalue weighted by atomic mass is 9.93. The summed E-state index contributed by atoms with van der Waals surface area (Å²) in [5.41, 5.74) is 1.06. The second kappa shape index (κ2) is 5.15. The standard InChI is InChI=1S/C20H14O2/c21-19(20-10-5-11-22-20)13-18-16-8-3-1-6-14(16)12-15-7-2-4-9-17(15)18/h1-12H,13H2. The fourth-order valence-corrected chi connectivity index (χ4v) is 2.98. The Morgan fingerprint density at radius 3 is 2.05 bits per heavy atom. The number of hydrogen-bond donors (Lipinski definition) is 0. The largest absolute Gasteiger partial charge is 0.461 e. The van der Waals surface area contributed by atoms with Gasteiger partial charge >= 0.3 is 0 Å². The Balaban J connectivity index is 1.94. The Hall–Kier alpha value is -2.87. The number of carbonyl (C=O) groups is 1. The van der Waals surface area contributed by atoms with E-state index in [1.165, 1.54) is 6.26 Å². The summed E-state index contributed by atoms with van der Waals surface area (Å²) in [5.74, 6) is 0.420. The van der Waals surface area contributed by atoms with Crippen molar-refractivity contribution in [1.82, 2.24) is 0 Å². The number of furan rings is 1. The Morgan fingerprint density at radius 1 is 0.818 bits per heavy atom. The van der Waals surface area contributed by atoms with Crippen molar-refractivity contribution in [3.63, 3.8) is 0 Å². The van der Waals surface area contributed by atoms with Crippen LogP contribution in [0.4, 0.5) is 0 Å². The third-order valence-corrected chi connectivity index (χ3v) is 4.02. The van der Waals surface area contributed by atoms with Gasteiger partial charge in [0.15, 0.2) is 5.76 Å². The van der Waals surface area contributed by atoms with Gasteiger partial charge in [-0.3, -0.25) is 4.79 Å². The first kappa shape index (κ1) is 12.8. The quantitative estimate of drug-likeness (QED) is 0.391. The molecule has 0 bridgehead atoms. The summed E-state index contributed by atoms with van der Waals surface area (Å²) >= 11 is 0. The predicted molar refractivity (Wildman–Crippen MR) is 88.2 cm³/mol. The Kier molecular flexibility index (Phi) is 3.01. The zero-order valence-corrected chi connectivity index (χ0v) is 12.0. The molecule has 4 aromatic rings. The lowest BCUT2D eigenvalue weighted by Gasteiger charge is -2.10. The second-order valence-electron chi connectivity index (χ2n) is 5.37. The summed E-state index contributed by atoms with van der Waals surface area (Å²) in [7, 11) is 0.